The predicted octanol–water partition coefficient (Wildman–Crippen LogP) is 3.57. The predicted molar refractivity (Wildman–Crippen MR) is 129 cm³/mol. The molecule has 1 aliphatic rings. The number of nitrogens with zero attached hydrogens (tertiary/aromatic N) is 3. The van der Waals surface area contributed by atoms with Gasteiger partial charge >= 0.3 is 0 Å². The minimum absolute atomic E-state index is 0.135. The topological polar surface area (TPSA) is 91.8 Å². The summed E-state index contributed by atoms with van der Waals surface area (Å²) in [6.45, 7) is 4.87. The fraction of sp³-hybridized carbons (Fsp3) is 0.320. The molecule has 0 aliphatic carbocycles. The van der Waals surface area contributed by atoms with Crippen molar-refractivity contribution >= 4 is 12.2 Å². The van der Waals surface area contributed by atoms with Gasteiger partial charge in [-0.2, -0.15) is 5.10 Å². The summed E-state index contributed by atoms with van der Waals surface area (Å²) in [4.78, 5) is 22.4. The normalized spacial score (nSPS) is 13.6. The van der Waals surface area contributed by atoms with Gasteiger partial charge in [0.1, 0.15) is 0 Å². The molecule has 0 saturated heterocycles. The highest BCUT2D eigenvalue weighted by molar-refractivity contribution is 5.85. The second-order valence-electron chi connectivity index (χ2n) is 7.88. The Hall–Kier alpha value is -3.65. The van der Waals surface area contributed by atoms with Crippen molar-refractivity contribution in [3.05, 3.63) is 81.3 Å². The van der Waals surface area contributed by atoms with Gasteiger partial charge in [0.25, 0.3) is 5.56 Å². The van der Waals surface area contributed by atoms with Crippen molar-refractivity contribution in [2.75, 3.05) is 25.7 Å². The molecule has 0 atom stereocenters. The highest BCUT2D eigenvalue weighted by Crippen LogP contribution is 2.30. The van der Waals surface area contributed by atoms with Gasteiger partial charge in [-0.15, -0.1) is 0 Å². The van der Waals surface area contributed by atoms with Crippen LogP contribution in [0.1, 0.15) is 35.7 Å². The van der Waals surface area contributed by atoms with Crippen molar-refractivity contribution < 1.29 is 9.47 Å². The van der Waals surface area contributed by atoms with E-state index < -0.39 is 0 Å². The smallest absolute Gasteiger partial charge is 0.257 e. The molecule has 172 valence electrons. The van der Waals surface area contributed by atoms with E-state index in [1.807, 2.05) is 43.3 Å². The average molecular weight is 448 g/mol. The van der Waals surface area contributed by atoms with Gasteiger partial charge in [-0.05, 0) is 24.1 Å². The SMILES string of the molecule is CCCOc1c(/C=N\Nc2nc3c(c(=O)[nH]2)CN(Cc2ccccc2)CC3)cccc1OC. The van der Waals surface area contributed by atoms with Crippen LogP contribution < -0.4 is 20.5 Å². The van der Waals surface area contributed by atoms with Gasteiger partial charge < -0.3 is 9.47 Å². The lowest BCUT2D eigenvalue weighted by Gasteiger charge is -2.27. The van der Waals surface area contributed by atoms with Crippen LogP contribution in [0.5, 0.6) is 11.5 Å². The third-order valence-corrected chi connectivity index (χ3v) is 5.45. The number of nitrogens with one attached hydrogen (secondary N) is 2. The van der Waals surface area contributed by atoms with Gasteiger partial charge in [-0.1, -0.05) is 43.3 Å². The first-order valence-corrected chi connectivity index (χ1v) is 11.1. The van der Waals surface area contributed by atoms with Crippen LogP contribution in [-0.2, 0) is 19.5 Å². The summed E-state index contributed by atoms with van der Waals surface area (Å²) in [5, 5.41) is 4.26. The Bertz CT molecular complexity index is 1160. The molecule has 33 heavy (non-hydrogen) atoms. The Morgan fingerprint density at radius 3 is 2.85 bits per heavy atom. The number of hydrogen-bond acceptors (Lipinski definition) is 7. The lowest BCUT2D eigenvalue weighted by molar-refractivity contribution is 0.242. The summed E-state index contributed by atoms with van der Waals surface area (Å²) in [5.74, 6) is 1.61. The number of rotatable bonds is 9. The van der Waals surface area contributed by atoms with Gasteiger partial charge in [-0.25, -0.2) is 10.4 Å². The molecule has 0 saturated carbocycles. The number of benzene rings is 2. The maximum atomic E-state index is 12.7. The number of anilines is 1. The Kier molecular flexibility index (Phi) is 7.36. The van der Waals surface area contributed by atoms with Crippen LogP contribution in [0.15, 0.2) is 58.4 Å². The number of hydrazone groups is 1. The van der Waals surface area contributed by atoms with E-state index in [4.69, 9.17) is 9.47 Å². The fourth-order valence-electron chi connectivity index (χ4n) is 3.83. The van der Waals surface area contributed by atoms with E-state index in [-0.39, 0.29) is 5.56 Å². The highest BCUT2D eigenvalue weighted by Gasteiger charge is 2.21. The molecular weight excluding hydrogens is 418 g/mol. The number of aromatic nitrogens is 2. The van der Waals surface area contributed by atoms with Crippen LogP contribution in [-0.4, -0.2) is 41.3 Å². The quantitative estimate of drug-likeness (QED) is 0.385. The first kappa shape index (κ1) is 22.5. The summed E-state index contributed by atoms with van der Waals surface area (Å²) in [6.07, 6.45) is 3.24. The third kappa shape index (κ3) is 5.59. The van der Waals surface area contributed by atoms with E-state index >= 15 is 0 Å². The standard InChI is InChI=1S/C25H29N5O3/c1-3-14-33-23-19(10-7-11-22(23)32-2)15-26-29-25-27-21-12-13-30(17-20(21)24(31)28-25)16-18-8-5-4-6-9-18/h4-11,15H,3,12-14,16-17H2,1-2H3,(H2,27,28,29,31)/b26-15-. The summed E-state index contributed by atoms with van der Waals surface area (Å²) < 4.78 is 11.2. The zero-order chi connectivity index (χ0) is 23.0. The van der Waals surface area contributed by atoms with E-state index in [0.717, 1.165) is 42.8 Å². The van der Waals surface area contributed by atoms with E-state index in [1.54, 1.807) is 13.3 Å². The molecule has 2 aromatic carbocycles. The number of para-hydroxylation sites is 1. The molecule has 8 heteroatoms. The molecule has 0 radical (unpaired) electrons. The molecule has 1 aliphatic heterocycles. The largest absolute Gasteiger partial charge is 0.493 e. The molecule has 0 fully saturated rings. The molecule has 1 aromatic heterocycles. The maximum Gasteiger partial charge on any atom is 0.257 e. The number of aromatic amines is 1. The molecule has 3 aromatic rings. The van der Waals surface area contributed by atoms with Crippen molar-refractivity contribution in [1.29, 1.82) is 0 Å². The van der Waals surface area contributed by atoms with Crippen LogP contribution in [0.3, 0.4) is 0 Å². The number of ether oxygens (including phenoxy) is 2. The average Bonchev–Trinajstić information content (AvgIpc) is 2.84. The maximum absolute atomic E-state index is 12.7. The van der Waals surface area contributed by atoms with Crippen molar-refractivity contribution in [3.63, 3.8) is 0 Å². The molecule has 2 heterocycles. The van der Waals surface area contributed by atoms with Crippen molar-refractivity contribution in [2.45, 2.75) is 32.9 Å². The lowest BCUT2D eigenvalue weighted by Crippen LogP contribution is -2.35. The van der Waals surface area contributed by atoms with E-state index in [1.165, 1.54) is 5.56 Å². The minimum atomic E-state index is -0.135. The van der Waals surface area contributed by atoms with Crippen LogP contribution in [0.4, 0.5) is 5.95 Å². The first-order valence-electron chi connectivity index (χ1n) is 11.1. The number of hydrogen-bond donors (Lipinski definition) is 2. The van der Waals surface area contributed by atoms with Gasteiger partial charge in [-0.3, -0.25) is 14.7 Å². The van der Waals surface area contributed by atoms with Gasteiger partial charge in [0.2, 0.25) is 5.95 Å². The Morgan fingerprint density at radius 1 is 1.21 bits per heavy atom. The van der Waals surface area contributed by atoms with Crippen LogP contribution in [0.25, 0.3) is 0 Å². The summed E-state index contributed by atoms with van der Waals surface area (Å²) in [5.41, 5.74) is 6.25. The fourth-order valence-corrected chi connectivity index (χ4v) is 3.83. The molecule has 2 N–H and O–H groups in total. The number of H-pyrrole nitrogens is 1. The van der Waals surface area contributed by atoms with Crippen LogP contribution in [0, 0.1) is 0 Å². The van der Waals surface area contributed by atoms with Crippen LogP contribution >= 0.6 is 0 Å². The Labute approximate surface area is 193 Å². The summed E-state index contributed by atoms with van der Waals surface area (Å²) >= 11 is 0. The van der Waals surface area contributed by atoms with Gasteiger partial charge in [0, 0.05) is 31.6 Å². The Morgan fingerprint density at radius 2 is 2.06 bits per heavy atom. The Balaban J connectivity index is 1.45. The van der Waals surface area contributed by atoms with Gasteiger partial charge in [0.15, 0.2) is 11.5 Å². The second-order valence-corrected chi connectivity index (χ2v) is 7.88. The van der Waals surface area contributed by atoms with Crippen molar-refractivity contribution in [3.8, 4) is 11.5 Å². The van der Waals surface area contributed by atoms with E-state index in [9.17, 15) is 4.79 Å². The number of fused-ring (bicyclic) bond motifs is 1. The third-order valence-electron chi connectivity index (χ3n) is 5.45. The minimum Gasteiger partial charge on any atom is -0.493 e. The summed E-state index contributed by atoms with van der Waals surface area (Å²) in [6, 6.07) is 15.9. The van der Waals surface area contributed by atoms with Crippen molar-refractivity contribution in [1.82, 2.24) is 14.9 Å². The van der Waals surface area contributed by atoms with Gasteiger partial charge in [0.05, 0.1) is 31.2 Å². The van der Waals surface area contributed by atoms with Crippen LogP contribution in [0.2, 0.25) is 0 Å². The molecule has 0 bridgehead atoms. The number of methoxy groups -OCH3 is 1. The molecular formula is C25H29N5O3. The first-order chi connectivity index (χ1) is 16.2. The van der Waals surface area contributed by atoms with Crippen molar-refractivity contribution in [2.24, 2.45) is 5.10 Å². The molecule has 0 unspecified atom stereocenters. The molecule has 4 rings (SSSR count). The summed E-state index contributed by atoms with van der Waals surface area (Å²) in [7, 11) is 1.61. The zero-order valence-electron chi connectivity index (χ0n) is 19.0. The monoisotopic (exact) mass is 447 g/mol. The second kappa shape index (κ2) is 10.8. The zero-order valence-corrected chi connectivity index (χ0v) is 19.0. The van der Waals surface area contributed by atoms with E-state index in [2.05, 4.69) is 37.5 Å². The lowest BCUT2D eigenvalue weighted by atomic mass is 10.1. The highest BCUT2D eigenvalue weighted by atomic mass is 16.5. The molecule has 0 amide bonds. The molecule has 8 nitrogen and oxygen atoms in total. The molecule has 0 spiro atoms. The van der Waals surface area contributed by atoms with E-state index in [0.29, 0.717) is 30.6 Å².